The van der Waals surface area contributed by atoms with Crippen LogP contribution in [0.15, 0.2) is 42.5 Å². The number of aryl methyl sites for hydroxylation is 2. The molecular weight excluding hydrogens is 416 g/mol. The summed E-state index contributed by atoms with van der Waals surface area (Å²) < 4.78 is 31.2. The summed E-state index contributed by atoms with van der Waals surface area (Å²) in [6.45, 7) is 7.73. The van der Waals surface area contributed by atoms with E-state index in [2.05, 4.69) is 5.32 Å². The molecule has 0 bridgehead atoms. The molecule has 7 nitrogen and oxygen atoms in total. The van der Waals surface area contributed by atoms with Crippen molar-refractivity contribution in [3.05, 3.63) is 59.2 Å². The Morgan fingerprint density at radius 1 is 1.06 bits per heavy atom. The van der Waals surface area contributed by atoms with Crippen LogP contribution < -0.4 is 9.62 Å². The molecule has 0 saturated heterocycles. The second kappa shape index (κ2) is 10.4. The van der Waals surface area contributed by atoms with Crippen molar-refractivity contribution in [3.63, 3.8) is 0 Å². The minimum absolute atomic E-state index is 0.366. The highest BCUT2D eigenvalue weighted by atomic mass is 32.2. The summed E-state index contributed by atoms with van der Waals surface area (Å²) >= 11 is 0. The van der Waals surface area contributed by atoms with Gasteiger partial charge in [0.05, 0.1) is 24.1 Å². The Morgan fingerprint density at radius 2 is 1.71 bits per heavy atom. The zero-order valence-electron chi connectivity index (χ0n) is 18.6. The van der Waals surface area contributed by atoms with Crippen LogP contribution in [0.2, 0.25) is 0 Å². The van der Waals surface area contributed by atoms with Gasteiger partial charge < -0.3 is 10.1 Å². The zero-order valence-corrected chi connectivity index (χ0v) is 19.5. The summed E-state index contributed by atoms with van der Waals surface area (Å²) in [5.41, 5.74) is 3.23. The van der Waals surface area contributed by atoms with E-state index in [0.29, 0.717) is 23.5 Å². The van der Waals surface area contributed by atoms with Crippen LogP contribution in [0.1, 0.15) is 48.2 Å². The molecule has 0 saturated carbocycles. The number of nitrogens with one attached hydrogen (secondary N) is 1. The number of carbonyl (C=O) groups is 2. The molecule has 1 atom stereocenters. The molecule has 2 rings (SSSR count). The number of unbranched alkanes of at least 4 members (excludes halogenated alkanes) is 1. The molecule has 0 radical (unpaired) electrons. The van der Waals surface area contributed by atoms with E-state index in [-0.39, 0.29) is 0 Å². The minimum atomic E-state index is -3.70. The molecule has 0 unspecified atom stereocenters. The van der Waals surface area contributed by atoms with E-state index in [1.165, 1.54) is 6.92 Å². The summed E-state index contributed by atoms with van der Waals surface area (Å²) in [6, 6.07) is 10.6. The maximum Gasteiger partial charge on any atom is 0.338 e. The highest BCUT2D eigenvalue weighted by molar-refractivity contribution is 7.92. The van der Waals surface area contributed by atoms with Gasteiger partial charge in [0.25, 0.3) is 0 Å². The van der Waals surface area contributed by atoms with Crippen molar-refractivity contribution in [2.45, 2.75) is 46.6 Å². The number of anilines is 2. The number of carbonyl (C=O) groups excluding carboxylic acids is 2. The fourth-order valence-electron chi connectivity index (χ4n) is 3.00. The molecule has 2 aromatic carbocycles. The first-order valence-corrected chi connectivity index (χ1v) is 12.0. The topological polar surface area (TPSA) is 92.8 Å². The van der Waals surface area contributed by atoms with Crippen LogP contribution in [-0.2, 0) is 19.6 Å². The van der Waals surface area contributed by atoms with Crippen molar-refractivity contribution < 1.29 is 22.7 Å². The summed E-state index contributed by atoms with van der Waals surface area (Å²) in [5.74, 6) is -0.903. The van der Waals surface area contributed by atoms with E-state index < -0.39 is 27.9 Å². The lowest BCUT2D eigenvalue weighted by Crippen LogP contribution is -2.45. The third-order valence-electron chi connectivity index (χ3n) is 4.95. The van der Waals surface area contributed by atoms with E-state index in [1.54, 1.807) is 36.4 Å². The van der Waals surface area contributed by atoms with Crippen molar-refractivity contribution >= 4 is 33.3 Å². The SMILES string of the molecule is CCCCOC(=O)c1ccc(NC(=O)[C@@H](C)N(c2ccc(C)c(C)c2)S(C)(=O)=O)cc1. The average molecular weight is 447 g/mol. The summed E-state index contributed by atoms with van der Waals surface area (Å²) in [5, 5.41) is 2.71. The Kier molecular flexibility index (Phi) is 8.21. The fraction of sp³-hybridized carbons (Fsp3) is 0.391. The summed E-state index contributed by atoms with van der Waals surface area (Å²) in [7, 11) is -3.70. The largest absolute Gasteiger partial charge is 0.462 e. The lowest BCUT2D eigenvalue weighted by Gasteiger charge is -2.28. The predicted molar refractivity (Wildman–Crippen MR) is 123 cm³/mol. The van der Waals surface area contributed by atoms with E-state index >= 15 is 0 Å². The molecule has 0 fully saturated rings. The van der Waals surface area contributed by atoms with Crippen LogP contribution in [0.3, 0.4) is 0 Å². The number of amides is 1. The molecule has 0 aromatic heterocycles. The normalized spacial score (nSPS) is 12.2. The van der Waals surface area contributed by atoms with E-state index in [0.717, 1.165) is 34.5 Å². The molecule has 168 valence electrons. The first kappa shape index (κ1) is 24.4. The van der Waals surface area contributed by atoms with Crippen LogP contribution in [0.25, 0.3) is 0 Å². The molecule has 0 spiro atoms. The Balaban J connectivity index is 2.15. The molecule has 1 N–H and O–H groups in total. The standard InChI is InChI=1S/C23H30N2O5S/c1-6-7-14-30-23(27)19-9-11-20(12-10-19)24-22(26)18(4)25(31(5,28)29)21-13-8-16(2)17(3)15-21/h8-13,15,18H,6-7,14H2,1-5H3,(H,24,26)/t18-/m1/s1. The van der Waals surface area contributed by atoms with Crippen molar-refractivity contribution in [1.82, 2.24) is 0 Å². The number of esters is 1. The smallest absolute Gasteiger partial charge is 0.338 e. The van der Waals surface area contributed by atoms with Crippen molar-refractivity contribution in [2.75, 3.05) is 22.5 Å². The van der Waals surface area contributed by atoms with E-state index in [1.807, 2.05) is 26.8 Å². The first-order valence-electron chi connectivity index (χ1n) is 10.2. The van der Waals surface area contributed by atoms with Crippen molar-refractivity contribution in [2.24, 2.45) is 0 Å². The second-order valence-electron chi connectivity index (χ2n) is 7.56. The predicted octanol–water partition coefficient (Wildman–Crippen LogP) is 4.05. The number of sulfonamides is 1. The maximum absolute atomic E-state index is 12.8. The number of rotatable bonds is 9. The van der Waals surface area contributed by atoms with Gasteiger partial charge >= 0.3 is 5.97 Å². The Morgan fingerprint density at radius 3 is 2.26 bits per heavy atom. The van der Waals surface area contributed by atoms with Gasteiger partial charge in [-0.2, -0.15) is 0 Å². The molecule has 0 aliphatic heterocycles. The summed E-state index contributed by atoms with van der Waals surface area (Å²) in [6.07, 6.45) is 2.81. The van der Waals surface area contributed by atoms with Crippen molar-refractivity contribution in [3.8, 4) is 0 Å². The van der Waals surface area contributed by atoms with Crippen LogP contribution >= 0.6 is 0 Å². The van der Waals surface area contributed by atoms with Gasteiger partial charge in [0.1, 0.15) is 6.04 Å². The third-order valence-corrected chi connectivity index (χ3v) is 6.19. The zero-order chi connectivity index (χ0) is 23.2. The van der Waals surface area contributed by atoms with Crippen LogP contribution in [0.5, 0.6) is 0 Å². The summed E-state index contributed by atoms with van der Waals surface area (Å²) in [4.78, 5) is 24.8. The van der Waals surface area contributed by atoms with Gasteiger partial charge in [-0.3, -0.25) is 9.10 Å². The Labute approximate surface area is 184 Å². The highest BCUT2D eigenvalue weighted by Gasteiger charge is 2.29. The lowest BCUT2D eigenvalue weighted by molar-refractivity contribution is -0.116. The number of hydrogen-bond acceptors (Lipinski definition) is 5. The molecular formula is C23H30N2O5S. The Bertz CT molecular complexity index is 1030. The van der Waals surface area contributed by atoms with E-state index in [9.17, 15) is 18.0 Å². The molecule has 0 aliphatic rings. The molecule has 1 amide bonds. The number of hydrogen-bond donors (Lipinski definition) is 1. The van der Waals surface area contributed by atoms with Gasteiger partial charge in [-0.25, -0.2) is 13.2 Å². The van der Waals surface area contributed by atoms with Gasteiger partial charge in [0, 0.05) is 5.69 Å². The molecule has 31 heavy (non-hydrogen) atoms. The Hall–Kier alpha value is -2.87. The number of benzene rings is 2. The van der Waals surface area contributed by atoms with Crippen molar-refractivity contribution in [1.29, 1.82) is 0 Å². The van der Waals surface area contributed by atoms with Crippen LogP contribution in [-0.4, -0.2) is 39.2 Å². The quantitative estimate of drug-likeness (QED) is 0.463. The van der Waals surface area contributed by atoms with Gasteiger partial charge in [0.15, 0.2) is 0 Å². The first-order chi connectivity index (χ1) is 14.5. The van der Waals surface area contributed by atoms with E-state index in [4.69, 9.17) is 4.74 Å². The van der Waals surface area contributed by atoms with Gasteiger partial charge in [-0.15, -0.1) is 0 Å². The van der Waals surface area contributed by atoms with Gasteiger partial charge in [0.2, 0.25) is 15.9 Å². The fourth-order valence-corrected chi connectivity index (χ4v) is 4.17. The lowest BCUT2D eigenvalue weighted by atomic mass is 10.1. The average Bonchev–Trinajstić information content (AvgIpc) is 2.70. The second-order valence-corrected chi connectivity index (χ2v) is 9.42. The maximum atomic E-state index is 12.8. The molecule has 0 aliphatic carbocycles. The number of nitrogens with zero attached hydrogens (tertiary/aromatic N) is 1. The molecule has 8 heteroatoms. The van der Waals surface area contributed by atoms with Crippen LogP contribution in [0, 0.1) is 13.8 Å². The van der Waals surface area contributed by atoms with Crippen LogP contribution in [0.4, 0.5) is 11.4 Å². The highest BCUT2D eigenvalue weighted by Crippen LogP contribution is 2.24. The number of ether oxygens (including phenoxy) is 1. The molecule has 2 aromatic rings. The molecule has 0 heterocycles. The third kappa shape index (κ3) is 6.55. The van der Waals surface area contributed by atoms with Gasteiger partial charge in [-0.1, -0.05) is 19.4 Å². The minimum Gasteiger partial charge on any atom is -0.462 e. The monoisotopic (exact) mass is 446 g/mol. The van der Waals surface area contributed by atoms with Gasteiger partial charge in [-0.05, 0) is 74.7 Å².